The topological polar surface area (TPSA) is 49.5 Å². The molecule has 1 aliphatic heterocycles. The Morgan fingerprint density at radius 3 is 1.83 bits per heavy atom. The first-order valence-corrected chi connectivity index (χ1v) is 6.86. The Balaban J connectivity index is 1.60. The monoisotopic (exact) mass is 262 g/mol. The molecule has 1 saturated heterocycles. The summed E-state index contributed by atoms with van der Waals surface area (Å²) in [5.74, 6) is 0. The molecule has 0 spiro atoms. The lowest BCUT2D eigenvalue weighted by atomic mass is 10.4. The van der Waals surface area contributed by atoms with E-state index >= 15 is 0 Å². The summed E-state index contributed by atoms with van der Waals surface area (Å²) in [5.41, 5.74) is 0. The van der Waals surface area contributed by atoms with Gasteiger partial charge in [-0.3, -0.25) is 0 Å². The van der Waals surface area contributed by atoms with Crippen molar-refractivity contribution in [3.63, 3.8) is 0 Å². The summed E-state index contributed by atoms with van der Waals surface area (Å²) < 4.78 is 26.4. The Bertz CT molecular complexity index is 173. The number of epoxide rings is 1. The fourth-order valence-electron chi connectivity index (χ4n) is 1.29. The highest BCUT2D eigenvalue weighted by atomic mass is 16.6. The molecule has 18 heavy (non-hydrogen) atoms. The molecule has 0 aliphatic carbocycles. The standard InChI is InChI=1S/C13H26O5/c1-2-3-4-14-5-6-15-7-8-16-9-10-17-11-13-12-18-13/h13H,2-12H2,1H3/t13-/m0/s1. The van der Waals surface area contributed by atoms with Crippen molar-refractivity contribution in [2.45, 2.75) is 25.9 Å². The second kappa shape index (κ2) is 11.9. The normalized spacial score (nSPS) is 18.2. The first kappa shape index (κ1) is 15.9. The summed E-state index contributed by atoms with van der Waals surface area (Å²) in [5, 5.41) is 0. The van der Waals surface area contributed by atoms with E-state index in [9.17, 15) is 0 Å². The van der Waals surface area contributed by atoms with E-state index in [1.165, 1.54) is 6.42 Å². The fourth-order valence-corrected chi connectivity index (χ4v) is 1.29. The smallest absolute Gasteiger partial charge is 0.104 e. The average Bonchev–Trinajstić information content (AvgIpc) is 3.19. The van der Waals surface area contributed by atoms with E-state index in [1.807, 2.05) is 0 Å². The van der Waals surface area contributed by atoms with Crippen LogP contribution in [-0.2, 0) is 23.7 Å². The molecule has 1 fully saturated rings. The highest BCUT2D eigenvalue weighted by Crippen LogP contribution is 2.07. The van der Waals surface area contributed by atoms with Crippen LogP contribution < -0.4 is 0 Å². The highest BCUT2D eigenvalue weighted by Gasteiger charge is 2.21. The molecule has 1 rings (SSSR count). The Morgan fingerprint density at radius 1 is 0.833 bits per heavy atom. The van der Waals surface area contributed by atoms with Crippen molar-refractivity contribution < 1.29 is 23.7 Å². The number of rotatable bonds is 14. The molecule has 5 nitrogen and oxygen atoms in total. The average molecular weight is 262 g/mol. The van der Waals surface area contributed by atoms with Crippen LogP contribution in [0.25, 0.3) is 0 Å². The molecular formula is C13H26O5. The zero-order chi connectivity index (χ0) is 12.9. The van der Waals surface area contributed by atoms with Crippen molar-refractivity contribution in [3.05, 3.63) is 0 Å². The van der Waals surface area contributed by atoms with E-state index in [-0.39, 0.29) is 0 Å². The molecule has 0 bridgehead atoms. The van der Waals surface area contributed by atoms with Gasteiger partial charge in [0.1, 0.15) is 6.10 Å². The van der Waals surface area contributed by atoms with E-state index < -0.39 is 0 Å². The quantitative estimate of drug-likeness (QED) is 0.348. The molecule has 0 unspecified atom stereocenters. The predicted molar refractivity (Wildman–Crippen MR) is 67.9 cm³/mol. The van der Waals surface area contributed by atoms with Gasteiger partial charge in [-0.05, 0) is 6.42 Å². The molecule has 0 aromatic carbocycles. The molecule has 1 aliphatic rings. The van der Waals surface area contributed by atoms with Gasteiger partial charge in [-0.1, -0.05) is 13.3 Å². The fraction of sp³-hybridized carbons (Fsp3) is 1.00. The summed E-state index contributed by atoms with van der Waals surface area (Å²) in [6.45, 7) is 8.29. The first-order chi connectivity index (χ1) is 8.93. The van der Waals surface area contributed by atoms with Crippen LogP contribution in [-0.4, -0.2) is 65.6 Å². The van der Waals surface area contributed by atoms with Gasteiger partial charge >= 0.3 is 0 Å². The predicted octanol–water partition coefficient (Wildman–Crippen LogP) is 1.25. The second-order valence-electron chi connectivity index (χ2n) is 4.22. The Morgan fingerprint density at radius 2 is 1.33 bits per heavy atom. The molecular weight excluding hydrogens is 236 g/mol. The van der Waals surface area contributed by atoms with Gasteiger partial charge < -0.3 is 23.7 Å². The maximum absolute atomic E-state index is 5.36. The number of hydrogen-bond donors (Lipinski definition) is 0. The maximum atomic E-state index is 5.36. The molecule has 0 radical (unpaired) electrons. The molecule has 1 atom stereocenters. The van der Waals surface area contributed by atoms with Crippen LogP contribution in [0.5, 0.6) is 0 Å². The Kier molecular flexibility index (Phi) is 10.5. The van der Waals surface area contributed by atoms with E-state index in [2.05, 4.69) is 6.92 Å². The van der Waals surface area contributed by atoms with Gasteiger partial charge in [0, 0.05) is 6.61 Å². The van der Waals surface area contributed by atoms with Crippen LogP contribution in [0, 0.1) is 0 Å². The molecule has 0 N–H and O–H groups in total. The SMILES string of the molecule is CCCCOCCOCCOCCOC[C@H]1CO1. The molecule has 0 aromatic heterocycles. The van der Waals surface area contributed by atoms with Gasteiger partial charge in [-0.15, -0.1) is 0 Å². The number of hydrogen-bond acceptors (Lipinski definition) is 5. The first-order valence-electron chi connectivity index (χ1n) is 6.86. The second-order valence-corrected chi connectivity index (χ2v) is 4.22. The summed E-state index contributed by atoms with van der Waals surface area (Å²) in [7, 11) is 0. The summed E-state index contributed by atoms with van der Waals surface area (Å²) in [6.07, 6.45) is 2.62. The zero-order valence-corrected chi connectivity index (χ0v) is 11.4. The minimum absolute atomic E-state index is 0.334. The lowest BCUT2D eigenvalue weighted by Gasteiger charge is -2.06. The van der Waals surface area contributed by atoms with Crippen molar-refractivity contribution in [2.75, 3.05) is 59.5 Å². The highest BCUT2D eigenvalue weighted by molar-refractivity contribution is 4.66. The minimum Gasteiger partial charge on any atom is -0.379 e. The molecule has 1 heterocycles. The van der Waals surface area contributed by atoms with Crippen LogP contribution in [0.1, 0.15) is 19.8 Å². The van der Waals surface area contributed by atoms with Crippen molar-refractivity contribution in [3.8, 4) is 0 Å². The number of ether oxygens (including phenoxy) is 5. The van der Waals surface area contributed by atoms with Crippen LogP contribution >= 0.6 is 0 Å². The summed E-state index contributed by atoms with van der Waals surface area (Å²) >= 11 is 0. The van der Waals surface area contributed by atoms with Crippen molar-refractivity contribution in [1.82, 2.24) is 0 Å². The van der Waals surface area contributed by atoms with E-state index in [0.717, 1.165) is 19.6 Å². The van der Waals surface area contributed by atoms with Gasteiger partial charge in [0.15, 0.2) is 0 Å². The largest absolute Gasteiger partial charge is 0.379 e. The van der Waals surface area contributed by atoms with Crippen LogP contribution in [0.4, 0.5) is 0 Å². The van der Waals surface area contributed by atoms with Gasteiger partial charge in [0.25, 0.3) is 0 Å². The summed E-state index contributed by atoms with van der Waals surface area (Å²) in [4.78, 5) is 0. The van der Waals surface area contributed by atoms with Gasteiger partial charge in [-0.25, -0.2) is 0 Å². The van der Waals surface area contributed by atoms with Crippen molar-refractivity contribution in [2.24, 2.45) is 0 Å². The van der Waals surface area contributed by atoms with Gasteiger partial charge in [0.05, 0.1) is 52.9 Å². The molecule has 0 aromatic rings. The van der Waals surface area contributed by atoms with Gasteiger partial charge in [0.2, 0.25) is 0 Å². The van der Waals surface area contributed by atoms with E-state index in [1.54, 1.807) is 0 Å². The minimum atomic E-state index is 0.334. The summed E-state index contributed by atoms with van der Waals surface area (Å²) in [6, 6.07) is 0. The third-order valence-electron chi connectivity index (χ3n) is 2.46. The number of unbranched alkanes of at least 4 members (excludes halogenated alkanes) is 1. The van der Waals surface area contributed by atoms with Crippen molar-refractivity contribution >= 4 is 0 Å². The van der Waals surface area contributed by atoms with E-state index in [0.29, 0.717) is 52.4 Å². The Hall–Kier alpha value is -0.200. The third-order valence-corrected chi connectivity index (χ3v) is 2.46. The van der Waals surface area contributed by atoms with Crippen molar-refractivity contribution in [1.29, 1.82) is 0 Å². The lowest BCUT2D eigenvalue weighted by Crippen LogP contribution is -2.13. The molecule has 0 amide bonds. The Labute approximate surface area is 110 Å². The molecule has 0 saturated carbocycles. The van der Waals surface area contributed by atoms with Crippen LogP contribution in [0.15, 0.2) is 0 Å². The van der Waals surface area contributed by atoms with Gasteiger partial charge in [-0.2, -0.15) is 0 Å². The van der Waals surface area contributed by atoms with Crippen LogP contribution in [0.2, 0.25) is 0 Å². The lowest BCUT2D eigenvalue weighted by molar-refractivity contribution is -0.00345. The molecule has 108 valence electrons. The van der Waals surface area contributed by atoms with Crippen LogP contribution in [0.3, 0.4) is 0 Å². The molecule has 5 heteroatoms. The van der Waals surface area contributed by atoms with E-state index in [4.69, 9.17) is 23.7 Å². The zero-order valence-electron chi connectivity index (χ0n) is 11.4. The third kappa shape index (κ3) is 10.9. The maximum Gasteiger partial charge on any atom is 0.104 e.